The van der Waals surface area contributed by atoms with Gasteiger partial charge in [0.25, 0.3) is 0 Å². The smallest absolute Gasteiger partial charge is 0.191 e. The van der Waals surface area contributed by atoms with Crippen molar-refractivity contribution >= 4 is 5.96 Å². The van der Waals surface area contributed by atoms with Crippen LogP contribution in [0.4, 0.5) is 0 Å². The fourth-order valence-electron chi connectivity index (χ4n) is 4.17. The summed E-state index contributed by atoms with van der Waals surface area (Å²) in [4.78, 5) is 3.72. The molecule has 0 radical (unpaired) electrons. The van der Waals surface area contributed by atoms with Crippen LogP contribution in [-0.4, -0.2) is 74.1 Å². The molecule has 4 aliphatic heterocycles. The maximum atomic E-state index is 12.5. The molecule has 4 bridgehead atoms. The standard InChI is InChI=1S/C11H16N3O7/c1-9(18)4-2-6(16)13-8(12)14-10(2)3(15)5(9)21-11(19,20-4)7(10)17/h2-7,15-18H,1H3,(H3,12,13,14)/q-1. The van der Waals surface area contributed by atoms with Gasteiger partial charge in [-0.25, -0.2) is 4.99 Å². The first-order valence-electron chi connectivity index (χ1n) is 6.58. The fraction of sp³-hybridized carbons (Fsp3) is 0.909. The van der Waals surface area contributed by atoms with Crippen LogP contribution in [-0.2, 0) is 9.47 Å². The number of guanidine groups is 1. The van der Waals surface area contributed by atoms with Crippen molar-refractivity contribution < 1.29 is 35.0 Å². The van der Waals surface area contributed by atoms with E-state index >= 15 is 0 Å². The molecule has 5 rings (SSSR count). The topological polar surface area (TPSA) is 173 Å². The number of nitrogens with one attached hydrogen (secondary N) is 1. The number of aliphatic imine (C=N–C) groups is 1. The van der Waals surface area contributed by atoms with Crippen molar-refractivity contribution in [2.45, 2.75) is 54.7 Å². The van der Waals surface area contributed by atoms with Gasteiger partial charge in [0, 0.05) is 0 Å². The lowest BCUT2D eigenvalue weighted by Crippen LogP contribution is -2.96. The number of aliphatic hydroxyl groups is 4. The van der Waals surface area contributed by atoms with E-state index in [0.29, 0.717) is 0 Å². The second-order valence-corrected chi connectivity index (χ2v) is 6.27. The lowest BCUT2D eigenvalue weighted by atomic mass is 9.55. The monoisotopic (exact) mass is 302 g/mol. The summed E-state index contributed by atoms with van der Waals surface area (Å²) >= 11 is 0. The number of hydrogen-bond acceptors (Lipinski definition) is 10. The Labute approximate surface area is 118 Å². The molecular weight excluding hydrogens is 286 g/mol. The molecular formula is C11H16N3O7-. The van der Waals surface area contributed by atoms with Crippen LogP contribution in [0.2, 0.25) is 0 Å². The minimum atomic E-state index is -2.66. The van der Waals surface area contributed by atoms with Gasteiger partial charge >= 0.3 is 0 Å². The van der Waals surface area contributed by atoms with E-state index in [-0.39, 0.29) is 5.96 Å². The molecule has 0 aromatic carbocycles. The number of ether oxygens (including phenoxy) is 2. The van der Waals surface area contributed by atoms with Crippen LogP contribution in [0.3, 0.4) is 0 Å². The normalized spacial score (nSPS) is 64.8. The Bertz CT molecular complexity index is 542. The highest BCUT2D eigenvalue weighted by Gasteiger charge is 2.79. The summed E-state index contributed by atoms with van der Waals surface area (Å²) in [6, 6.07) is 0. The largest absolute Gasteiger partial charge is 0.805 e. The molecule has 4 heterocycles. The van der Waals surface area contributed by atoms with E-state index in [2.05, 4.69) is 10.3 Å². The van der Waals surface area contributed by atoms with Gasteiger partial charge in [-0.3, -0.25) is 0 Å². The third-order valence-electron chi connectivity index (χ3n) is 5.11. The molecule has 10 nitrogen and oxygen atoms in total. The molecule has 21 heavy (non-hydrogen) atoms. The lowest BCUT2D eigenvalue weighted by Gasteiger charge is -2.74. The van der Waals surface area contributed by atoms with E-state index in [0.717, 1.165) is 0 Å². The van der Waals surface area contributed by atoms with Gasteiger partial charge in [-0.05, 0) is 6.92 Å². The van der Waals surface area contributed by atoms with Crippen LogP contribution in [0, 0.1) is 5.92 Å². The van der Waals surface area contributed by atoms with Crippen molar-refractivity contribution in [1.29, 1.82) is 0 Å². The zero-order valence-electron chi connectivity index (χ0n) is 11.0. The molecule has 3 saturated heterocycles. The number of nitrogens with two attached hydrogens (primary N) is 1. The summed E-state index contributed by atoms with van der Waals surface area (Å²) in [6.07, 6.45) is -7.26. The number of hydrogen-bond donors (Lipinski definition) is 6. The fourth-order valence-corrected chi connectivity index (χ4v) is 4.17. The van der Waals surface area contributed by atoms with Gasteiger partial charge in [0.05, 0.1) is 5.92 Å². The highest BCUT2D eigenvalue weighted by molar-refractivity contribution is 5.80. The second-order valence-electron chi connectivity index (χ2n) is 6.27. The average Bonchev–Trinajstić information content (AvgIpc) is 2.36. The minimum absolute atomic E-state index is 0.220. The van der Waals surface area contributed by atoms with Crippen LogP contribution in [0.15, 0.2) is 4.99 Å². The summed E-state index contributed by atoms with van der Waals surface area (Å²) in [6.45, 7) is 1.33. The van der Waals surface area contributed by atoms with Crippen LogP contribution in [0.5, 0.6) is 0 Å². The lowest BCUT2D eigenvalue weighted by molar-refractivity contribution is -0.708. The van der Waals surface area contributed by atoms with Crippen molar-refractivity contribution in [2.24, 2.45) is 16.6 Å². The van der Waals surface area contributed by atoms with Gasteiger partial charge in [0.1, 0.15) is 41.5 Å². The van der Waals surface area contributed by atoms with Gasteiger partial charge in [0.2, 0.25) is 0 Å². The first-order chi connectivity index (χ1) is 9.64. The molecule has 10 heteroatoms. The first-order valence-corrected chi connectivity index (χ1v) is 6.58. The Morgan fingerprint density at radius 3 is 2.57 bits per heavy atom. The van der Waals surface area contributed by atoms with Crippen LogP contribution in [0.1, 0.15) is 6.92 Å². The van der Waals surface area contributed by atoms with E-state index in [1.807, 2.05) is 0 Å². The Morgan fingerprint density at radius 2 is 1.90 bits per heavy atom. The molecule has 1 aliphatic carbocycles. The highest BCUT2D eigenvalue weighted by Crippen LogP contribution is 2.57. The summed E-state index contributed by atoms with van der Waals surface area (Å²) in [7, 11) is 0. The van der Waals surface area contributed by atoms with E-state index in [4.69, 9.17) is 15.2 Å². The van der Waals surface area contributed by atoms with E-state index < -0.39 is 53.7 Å². The average molecular weight is 302 g/mol. The van der Waals surface area contributed by atoms with E-state index in [1.165, 1.54) is 6.92 Å². The zero-order chi connectivity index (χ0) is 15.4. The van der Waals surface area contributed by atoms with Crippen LogP contribution >= 0.6 is 0 Å². The maximum Gasteiger partial charge on any atom is 0.191 e. The Kier molecular flexibility index (Phi) is 2.26. The number of nitrogens with zero attached hydrogens (tertiary/aromatic N) is 1. The van der Waals surface area contributed by atoms with Crippen LogP contribution < -0.4 is 16.2 Å². The van der Waals surface area contributed by atoms with Gasteiger partial charge in [-0.15, -0.1) is 0 Å². The molecule has 7 N–H and O–H groups in total. The molecule has 5 aliphatic rings. The van der Waals surface area contributed by atoms with Crippen molar-refractivity contribution in [1.82, 2.24) is 5.32 Å². The van der Waals surface area contributed by atoms with Crippen molar-refractivity contribution in [3.8, 4) is 0 Å². The molecule has 0 aromatic rings. The molecule has 0 aromatic heterocycles. The third-order valence-corrected chi connectivity index (χ3v) is 5.11. The Morgan fingerprint density at radius 1 is 1.29 bits per heavy atom. The van der Waals surface area contributed by atoms with E-state index in [1.54, 1.807) is 0 Å². The second kappa shape index (κ2) is 3.49. The highest BCUT2D eigenvalue weighted by atomic mass is 16.9. The van der Waals surface area contributed by atoms with E-state index in [9.17, 15) is 25.5 Å². The Balaban J connectivity index is 1.95. The predicted molar refractivity (Wildman–Crippen MR) is 62.1 cm³/mol. The minimum Gasteiger partial charge on any atom is -0.805 e. The zero-order valence-corrected chi connectivity index (χ0v) is 11.0. The summed E-state index contributed by atoms with van der Waals surface area (Å²) < 4.78 is 10.2. The van der Waals surface area contributed by atoms with Crippen LogP contribution in [0.25, 0.3) is 0 Å². The van der Waals surface area contributed by atoms with Gasteiger partial charge in [-0.2, -0.15) is 0 Å². The molecule has 1 saturated carbocycles. The summed E-state index contributed by atoms with van der Waals surface area (Å²) in [5, 5.41) is 56.7. The SMILES string of the molecule is CC1(O)C2OC3([O-])OC1C1C(O)N=C(N)NC1(C2O)C3O. The van der Waals surface area contributed by atoms with Gasteiger partial charge in [0.15, 0.2) is 12.2 Å². The predicted octanol–water partition coefficient (Wildman–Crippen LogP) is -5.12. The first kappa shape index (κ1) is 13.6. The maximum absolute atomic E-state index is 12.5. The number of rotatable bonds is 0. The quantitative estimate of drug-likeness (QED) is 0.256. The molecule has 0 amide bonds. The summed E-state index contributed by atoms with van der Waals surface area (Å²) in [5.74, 6) is -3.94. The molecule has 9 atom stereocenters. The molecule has 118 valence electrons. The van der Waals surface area contributed by atoms with Crippen molar-refractivity contribution in [3.63, 3.8) is 0 Å². The summed E-state index contributed by atoms with van der Waals surface area (Å²) in [5.41, 5.74) is 2.14. The Hall–Kier alpha value is -1.01. The van der Waals surface area contributed by atoms with Gasteiger partial charge < -0.3 is 46.1 Å². The number of aliphatic hydroxyl groups excluding tert-OH is 3. The molecule has 4 fully saturated rings. The van der Waals surface area contributed by atoms with Crippen molar-refractivity contribution in [3.05, 3.63) is 0 Å². The third kappa shape index (κ3) is 1.26. The molecule has 9 unspecified atom stereocenters. The van der Waals surface area contributed by atoms with Gasteiger partial charge in [-0.1, -0.05) is 0 Å². The van der Waals surface area contributed by atoms with Crippen molar-refractivity contribution in [2.75, 3.05) is 0 Å². The molecule has 1 spiro atoms.